The summed E-state index contributed by atoms with van der Waals surface area (Å²) in [5.74, 6) is 0.563. The quantitative estimate of drug-likeness (QED) is 0.688. The number of nitrogens with zero attached hydrogens (tertiary/aromatic N) is 6. The Morgan fingerprint density at radius 3 is 2.93 bits per heavy atom. The van der Waals surface area contributed by atoms with Gasteiger partial charge in [0.25, 0.3) is 5.91 Å². The second-order valence-electron chi connectivity index (χ2n) is 6.46. The van der Waals surface area contributed by atoms with Crippen molar-refractivity contribution < 1.29 is 9.53 Å². The summed E-state index contributed by atoms with van der Waals surface area (Å²) in [4.78, 5) is 19.0. The van der Waals surface area contributed by atoms with E-state index in [1.54, 1.807) is 23.1 Å². The molecule has 0 unspecified atom stereocenters. The van der Waals surface area contributed by atoms with Gasteiger partial charge in [-0.3, -0.25) is 14.2 Å². The van der Waals surface area contributed by atoms with E-state index in [-0.39, 0.29) is 5.91 Å². The molecule has 0 aromatic carbocycles. The lowest BCUT2D eigenvalue weighted by Crippen LogP contribution is -2.37. The highest BCUT2D eigenvalue weighted by atomic mass is 16.5. The molecule has 3 aromatic heterocycles. The van der Waals surface area contributed by atoms with Crippen LogP contribution < -0.4 is 4.74 Å². The minimum Gasteiger partial charge on any atom is -0.471 e. The second kappa shape index (κ2) is 7.22. The molecule has 0 N–H and O–H groups in total. The highest BCUT2D eigenvalue weighted by molar-refractivity contribution is 5.92. The van der Waals surface area contributed by atoms with Crippen LogP contribution in [0.4, 0.5) is 0 Å². The summed E-state index contributed by atoms with van der Waals surface area (Å²) in [5, 5.41) is 8.81. The van der Waals surface area contributed by atoms with Crippen LogP contribution in [-0.4, -0.2) is 41.9 Å². The van der Waals surface area contributed by atoms with Gasteiger partial charge in [-0.15, -0.1) is 0 Å². The summed E-state index contributed by atoms with van der Waals surface area (Å²) in [7, 11) is 1.94. The summed E-state index contributed by atoms with van der Waals surface area (Å²) in [5.41, 5.74) is 3.69. The van der Waals surface area contributed by atoms with Crippen molar-refractivity contribution >= 4 is 5.91 Å². The van der Waals surface area contributed by atoms with E-state index in [0.717, 1.165) is 23.4 Å². The molecule has 140 valence electrons. The van der Waals surface area contributed by atoms with Gasteiger partial charge in [0.1, 0.15) is 18.0 Å². The summed E-state index contributed by atoms with van der Waals surface area (Å²) in [6.45, 7) is 4.17. The highest BCUT2D eigenvalue weighted by Crippen LogP contribution is 2.24. The topological polar surface area (TPSA) is 78.1 Å². The predicted octanol–water partition coefficient (Wildman–Crippen LogP) is 1.81. The molecule has 0 saturated heterocycles. The van der Waals surface area contributed by atoms with Gasteiger partial charge in [0.15, 0.2) is 0 Å². The van der Waals surface area contributed by atoms with Gasteiger partial charge >= 0.3 is 0 Å². The molecule has 0 spiro atoms. The van der Waals surface area contributed by atoms with Crippen LogP contribution in [0.1, 0.15) is 34.4 Å². The lowest BCUT2D eigenvalue weighted by Gasteiger charge is -2.27. The van der Waals surface area contributed by atoms with E-state index >= 15 is 0 Å². The molecule has 0 atom stereocenters. The fourth-order valence-electron chi connectivity index (χ4n) is 3.46. The Morgan fingerprint density at radius 2 is 2.15 bits per heavy atom. The van der Waals surface area contributed by atoms with Gasteiger partial charge in [0.2, 0.25) is 5.88 Å². The van der Waals surface area contributed by atoms with Crippen molar-refractivity contribution in [3.63, 3.8) is 0 Å². The van der Waals surface area contributed by atoms with Crippen LogP contribution in [0.5, 0.6) is 5.88 Å². The summed E-state index contributed by atoms with van der Waals surface area (Å²) < 4.78 is 9.39. The Kier molecular flexibility index (Phi) is 4.62. The molecule has 8 heteroatoms. The molecule has 8 nitrogen and oxygen atoms in total. The minimum atomic E-state index is 0.000414. The van der Waals surface area contributed by atoms with E-state index in [2.05, 4.69) is 15.2 Å². The number of fused-ring (bicyclic) bond motifs is 1. The number of pyridine rings is 1. The standard InChI is InChI=1S/C19H22N6O2/c1-3-25-17(7-10-21-25)19(26)24-11-8-16-14(12-24)15(22-23(16)2)13-27-18-6-4-5-9-20-18/h4-7,9-10H,3,8,11-13H2,1-2H3. The largest absolute Gasteiger partial charge is 0.471 e. The third-order valence-corrected chi connectivity index (χ3v) is 4.84. The third-order valence-electron chi connectivity index (χ3n) is 4.84. The first-order valence-corrected chi connectivity index (χ1v) is 9.06. The van der Waals surface area contributed by atoms with Gasteiger partial charge in [-0.1, -0.05) is 6.07 Å². The van der Waals surface area contributed by atoms with E-state index in [0.29, 0.717) is 37.8 Å². The van der Waals surface area contributed by atoms with Crippen LogP contribution in [0.3, 0.4) is 0 Å². The number of carbonyl (C=O) groups is 1. The van der Waals surface area contributed by atoms with Crippen LogP contribution in [0.25, 0.3) is 0 Å². The van der Waals surface area contributed by atoms with E-state index < -0.39 is 0 Å². The monoisotopic (exact) mass is 366 g/mol. The predicted molar refractivity (Wildman–Crippen MR) is 98.1 cm³/mol. The maximum Gasteiger partial charge on any atom is 0.272 e. The fourth-order valence-corrected chi connectivity index (χ4v) is 3.46. The van der Waals surface area contributed by atoms with Crippen LogP contribution in [0.2, 0.25) is 0 Å². The van der Waals surface area contributed by atoms with Gasteiger partial charge in [-0.25, -0.2) is 4.98 Å². The molecular formula is C19H22N6O2. The first kappa shape index (κ1) is 17.3. The summed E-state index contributed by atoms with van der Waals surface area (Å²) >= 11 is 0. The number of aryl methyl sites for hydroxylation is 2. The lowest BCUT2D eigenvalue weighted by molar-refractivity contribution is 0.0719. The maximum atomic E-state index is 12.9. The van der Waals surface area contributed by atoms with Gasteiger partial charge < -0.3 is 9.64 Å². The highest BCUT2D eigenvalue weighted by Gasteiger charge is 2.28. The summed E-state index contributed by atoms with van der Waals surface area (Å²) in [6.07, 6.45) is 4.14. The van der Waals surface area contributed by atoms with Crippen LogP contribution in [0, 0.1) is 0 Å². The van der Waals surface area contributed by atoms with Crippen molar-refractivity contribution in [3.8, 4) is 5.88 Å². The minimum absolute atomic E-state index is 0.000414. The van der Waals surface area contributed by atoms with Crippen molar-refractivity contribution in [1.29, 1.82) is 0 Å². The first-order chi connectivity index (χ1) is 13.2. The Balaban J connectivity index is 1.54. The maximum absolute atomic E-state index is 12.9. The molecule has 4 heterocycles. The molecule has 27 heavy (non-hydrogen) atoms. The molecule has 1 aliphatic rings. The van der Waals surface area contributed by atoms with Crippen molar-refractivity contribution in [2.45, 2.75) is 33.0 Å². The normalized spacial score (nSPS) is 13.5. The van der Waals surface area contributed by atoms with E-state index in [1.807, 2.05) is 41.8 Å². The Bertz CT molecular complexity index is 947. The molecule has 0 radical (unpaired) electrons. The zero-order valence-electron chi connectivity index (χ0n) is 15.5. The summed E-state index contributed by atoms with van der Waals surface area (Å²) in [6, 6.07) is 7.32. The molecule has 0 aliphatic carbocycles. The molecule has 4 rings (SSSR count). The van der Waals surface area contributed by atoms with Crippen molar-refractivity contribution in [1.82, 2.24) is 29.4 Å². The third kappa shape index (κ3) is 3.30. The smallest absolute Gasteiger partial charge is 0.272 e. The Labute approximate surface area is 157 Å². The Morgan fingerprint density at radius 1 is 1.26 bits per heavy atom. The van der Waals surface area contributed by atoms with Crippen LogP contribution in [-0.2, 0) is 33.2 Å². The second-order valence-corrected chi connectivity index (χ2v) is 6.46. The molecule has 0 bridgehead atoms. The van der Waals surface area contributed by atoms with Gasteiger partial charge in [-0.05, 0) is 19.1 Å². The van der Waals surface area contributed by atoms with Gasteiger partial charge in [0.05, 0.1) is 0 Å². The lowest BCUT2D eigenvalue weighted by atomic mass is 10.0. The molecule has 3 aromatic rings. The average Bonchev–Trinajstić information content (AvgIpc) is 3.31. The SMILES string of the molecule is CCn1nccc1C(=O)N1CCc2c(c(COc3ccccn3)nn2C)C1. The van der Waals surface area contributed by atoms with Crippen molar-refractivity contribution in [2.24, 2.45) is 7.05 Å². The molecular weight excluding hydrogens is 344 g/mol. The average molecular weight is 366 g/mol. The molecule has 0 fully saturated rings. The van der Waals surface area contributed by atoms with E-state index in [1.165, 1.54) is 0 Å². The number of hydrogen-bond acceptors (Lipinski definition) is 5. The van der Waals surface area contributed by atoms with E-state index in [9.17, 15) is 4.79 Å². The van der Waals surface area contributed by atoms with Gasteiger partial charge in [0, 0.05) is 62.8 Å². The van der Waals surface area contributed by atoms with Crippen molar-refractivity contribution in [3.05, 3.63) is 59.3 Å². The first-order valence-electron chi connectivity index (χ1n) is 9.06. The van der Waals surface area contributed by atoms with E-state index in [4.69, 9.17) is 4.74 Å². The van der Waals surface area contributed by atoms with Crippen molar-refractivity contribution in [2.75, 3.05) is 6.54 Å². The number of carbonyl (C=O) groups excluding carboxylic acids is 1. The zero-order valence-corrected chi connectivity index (χ0v) is 15.5. The fraction of sp³-hybridized carbons (Fsp3) is 0.368. The molecule has 1 amide bonds. The van der Waals surface area contributed by atoms with Crippen LogP contribution in [0.15, 0.2) is 36.7 Å². The zero-order chi connectivity index (χ0) is 18.8. The number of rotatable bonds is 5. The molecule has 1 aliphatic heterocycles. The Hall–Kier alpha value is -3.16. The number of ether oxygens (including phenoxy) is 1. The van der Waals surface area contributed by atoms with Crippen LogP contribution >= 0.6 is 0 Å². The number of hydrogen-bond donors (Lipinski definition) is 0. The van der Waals surface area contributed by atoms with Gasteiger partial charge in [-0.2, -0.15) is 10.2 Å². The molecule has 0 saturated carbocycles. The number of amides is 1. The number of aromatic nitrogens is 5.